The molecule has 0 aromatic heterocycles. The first-order chi connectivity index (χ1) is 4.45. The summed E-state index contributed by atoms with van der Waals surface area (Å²) in [5.41, 5.74) is 5.43. The molecule has 0 heterocycles. The molecule has 0 unspecified atom stereocenters. The Hall–Kier alpha value is -0.350. The fourth-order valence-electron chi connectivity index (χ4n) is 0.380. The van der Waals surface area contributed by atoms with E-state index < -0.39 is 9.84 Å². The zero-order valence-electron chi connectivity index (χ0n) is 6.24. The highest BCUT2D eigenvalue weighted by molar-refractivity contribution is 7.93. The summed E-state index contributed by atoms with van der Waals surface area (Å²) < 4.78 is 21.0. The number of rotatable bonds is 3. The lowest BCUT2D eigenvalue weighted by molar-refractivity contribution is 0.609. The van der Waals surface area contributed by atoms with E-state index in [1.54, 1.807) is 0 Å². The predicted molar refractivity (Wildman–Crippen MR) is 42.3 cm³/mol. The van der Waals surface area contributed by atoms with Gasteiger partial charge < -0.3 is 5.73 Å². The summed E-state index contributed by atoms with van der Waals surface area (Å²) in [5, 5.41) is 1.14. The van der Waals surface area contributed by atoms with E-state index in [0.29, 0.717) is 0 Å². The molecule has 0 bridgehead atoms. The van der Waals surface area contributed by atoms with Gasteiger partial charge in [-0.1, -0.05) is 13.0 Å². The Morgan fingerprint density at radius 3 is 2.40 bits per heavy atom. The topological polar surface area (TPSA) is 60.2 Å². The summed E-state index contributed by atoms with van der Waals surface area (Å²) >= 11 is 0. The molecule has 0 aliphatic carbocycles. The lowest BCUT2D eigenvalue weighted by Gasteiger charge is -1.98. The van der Waals surface area contributed by atoms with Gasteiger partial charge >= 0.3 is 0 Å². The second kappa shape index (κ2) is 3.73. The molecule has 10 heavy (non-hydrogen) atoms. The van der Waals surface area contributed by atoms with E-state index in [2.05, 4.69) is 0 Å². The molecule has 0 aliphatic rings. The van der Waals surface area contributed by atoms with Crippen LogP contribution in [0.3, 0.4) is 0 Å². The quantitative estimate of drug-likeness (QED) is 0.650. The highest BCUT2D eigenvalue weighted by Crippen LogP contribution is 1.91. The van der Waals surface area contributed by atoms with Gasteiger partial charge in [0, 0.05) is 17.7 Å². The lowest BCUT2D eigenvalue weighted by atomic mass is 10.2. The second-order valence-electron chi connectivity index (χ2n) is 2.23. The third-order valence-electron chi connectivity index (χ3n) is 1.04. The smallest absolute Gasteiger partial charge is 0.168 e. The highest BCUT2D eigenvalue weighted by atomic mass is 32.2. The molecule has 0 rings (SSSR count). The number of hydrogen-bond acceptors (Lipinski definition) is 3. The number of hydrogen-bond donors (Lipinski definition) is 1. The second-order valence-corrected chi connectivity index (χ2v) is 4.16. The van der Waals surface area contributed by atoms with Crippen LogP contribution in [0.1, 0.15) is 13.3 Å². The minimum absolute atomic E-state index is 0.144. The first-order valence-corrected chi connectivity index (χ1v) is 5.05. The predicted octanol–water partition coefficient (Wildman–Crippen LogP) is 0.282. The van der Waals surface area contributed by atoms with E-state index in [4.69, 9.17) is 5.73 Å². The highest BCUT2D eigenvalue weighted by Gasteiger charge is 1.95. The average Bonchev–Trinajstić information content (AvgIpc) is 1.81. The molecule has 2 N–H and O–H groups in total. The van der Waals surface area contributed by atoms with Crippen molar-refractivity contribution in [2.75, 3.05) is 6.26 Å². The first-order valence-electron chi connectivity index (χ1n) is 3.09. The maximum atomic E-state index is 10.5. The summed E-state index contributed by atoms with van der Waals surface area (Å²) in [7, 11) is -2.99. The molecule has 0 aromatic rings. The van der Waals surface area contributed by atoms with Crippen molar-refractivity contribution in [1.82, 2.24) is 0 Å². The minimum Gasteiger partial charge on any atom is -0.324 e. The number of sulfone groups is 1. The first kappa shape index (κ1) is 9.65. The van der Waals surface area contributed by atoms with Crippen molar-refractivity contribution in [3.63, 3.8) is 0 Å². The molecule has 0 spiro atoms. The van der Waals surface area contributed by atoms with Crippen LogP contribution in [-0.4, -0.2) is 20.7 Å². The molecule has 4 heteroatoms. The zero-order chi connectivity index (χ0) is 8.20. The maximum absolute atomic E-state index is 10.5. The average molecular weight is 163 g/mol. The third-order valence-corrected chi connectivity index (χ3v) is 1.70. The van der Waals surface area contributed by atoms with Crippen molar-refractivity contribution in [2.24, 2.45) is 5.73 Å². The van der Waals surface area contributed by atoms with Crippen LogP contribution in [0.2, 0.25) is 0 Å². The van der Waals surface area contributed by atoms with E-state index in [9.17, 15) is 8.42 Å². The Morgan fingerprint density at radius 2 is 2.10 bits per heavy atom. The van der Waals surface area contributed by atoms with Crippen LogP contribution in [0.15, 0.2) is 11.5 Å². The van der Waals surface area contributed by atoms with Crippen molar-refractivity contribution in [1.29, 1.82) is 0 Å². The third kappa shape index (κ3) is 5.78. The van der Waals surface area contributed by atoms with Crippen molar-refractivity contribution < 1.29 is 8.42 Å². The Kier molecular flexibility index (Phi) is 3.60. The molecular weight excluding hydrogens is 150 g/mol. The van der Waals surface area contributed by atoms with Crippen LogP contribution in [0.25, 0.3) is 0 Å². The summed E-state index contributed by atoms with van der Waals surface area (Å²) in [6, 6.07) is -0.144. The van der Waals surface area contributed by atoms with Crippen molar-refractivity contribution in [3.05, 3.63) is 11.5 Å². The Balaban J connectivity index is 4.01. The standard InChI is InChI=1S/C6H13NO2S/c1-3-6(7)4-5-10(2,8)9/h4-6H,3,7H2,1-2H3/b5-4-/t6-/m1/s1. The molecule has 1 atom stereocenters. The van der Waals surface area contributed by atoms with Crippen LogP contribution >= 0.6 is 0 Å². The molecule has 0 radical (unpaired) electrons. The normalized spacial score (nSPS) is 15.9. The van der Waals surface area contributed by atoms with Gasteiger partial charge in [-0.3, -0.25) is 0 Å². The van der Waals surface area contributed by atoms with E-state index in [1.807, 2.05) is 6.92 Å². The van der Waals surface area contributed by atoms with Gasteiger partial charge in [-0.05, 0) is 6.42 Å². The lowest BCUT2D eigenvalue weighted by Crippen LogP contribution is -2.15. The van der Waals surface area contributed by atoms with E-state index in [1.165, 1.54) is 6.08 Å². The fraction of sp³-hybridized carbons (Fsp3) is 0.667. The van der Waals surface area contributed by atoms with Crippen molar-refractivity contribution >= 4 is 9.84 Å². The van der Waals surface area contributed by atoms with Crippen LogP contribution in [-0.2, 0) is 9.84 Å². The van der Waals surface area contributed by atoms with Crippen molar-refractivity contribution in [3.8, 4) is 0 Å². The van der Waals surface area contributed by atoms with Crippen LogP contribution in [0.4, 0.5) is 0 Å². The summed E-state index contributed by atoms with van der Waals surface area (Å²) in [4.78, 5) is 0. The van der Waals surface area contributed by atoms with E-state index in [0.717, 1.165) is 18.1 Å². The molecule has 0 fully saturated rings. The molecule has 0 saturated carbocycles. The monoisotopic (exact) mass is 163 g/mol. The Morgan fingerprint density at radius 1 is 1.60 bits per heavy atom. The van der Waals surface area contributed by atoms with E-state index >= 15 is 0 Å². The van der Waals surface area contributed by atoms with Gasteiger partial charge in [0.1, 0.15) is 0 Å². The van der Waals surface area contributed by atoms with Crippen LogP contribution in [0, 0.1) is 0 Å². The van der Waals surface area contributed by atoms with Crippen molar-refractivity contribution in [2.45, 2.75) is 19.4 Å². The fourth-order valence-corrected chi connectivity index (χ4v) is 0.867. The van der Waals surface area contributed by atoms with Gasteiger partial charge in [0.15, 0.2) is 9.84 Å². The minimum atomic E-state index is -2.99. The molecular formula is C6H13NO2S. The molecule has 0 saturated heterocycles. The largest absolute Gasteiger partial charge is 0.324 e. The van der Waals surface area contributed by atoms with Crippen LogP contribution < -0.4 is 5.73 Å². The zero-order valence-corrected chi connectivity index (χ0v) is 7.06. The summed E-state index contributed by atoms with van der Waals surface area (Å²) in [5.74, 6) is 0. The van der Waals surface area contributed by atoms with E-state index in [-0.39, 0.29) is 6.04 Å². The SMILES string of the molecule is CC[C@@H](N)/C=C\S(C)(=O)=O. The molecule has 60 valence electrons. The number of nitrogens with two attached hydrogens (primary N) is 1. The Bertz CT molecular complexity index is 206. The van der Waals surface area contributed by atoms with Crippen LogP contribution in [0.5, 0.6) is 0 Å². The Labute approximate surface area is 61.8 Å². The summed E-state index contributed by atoms with van der Waals surface area (Å²) in [6.45, 7) is 1.90. The molecule has 0 aromatic carbocycles. The molecule has 0 aliphatic heterocycles. The van der Waals surface area contributed by atoms with Gasteiger partial charge in [-0.25, -0.2) is 8.42 Å². The molecule has 3 nitrogen and oxygen atoms in total. The maximum Gasteiger partial charge on any atom is 0.168 e. The van der Waals surface area contributed by atoms with Gasteiger partial charge in [0.05, 0.1) is 0 Å². The molecule has 0 amide bonds. The van der Waals surface area contributed by atoms with Gasteiger partial charge in [0.25, 0.3) is 0 Å². The van der Waals surface area contributed by atoms with Gasteiger partial charge in [0.2, 0.25) is 0 Å². The van der Waals surface area contributed by atoms with Gasteiger partial charge in [-0.2, -0.15) is 0 Å². The summed E-state index contributed by atoms with van der Waals surface area (Å²) in [6.07, 6.45) is 3.40. The van der Waals surface area contributed by atoms with Gasteiger partial charge in [-0.15, -0.1) is 0 Å².